The third kappa shape index (κ3) is 4.18. The van der Waals surface area contributed by atoms with Gasteiger partial charge in [-0.05, 0) is 31.5 Å². The number of aromatic nitrogens is 3. The fourth-order valence-electron chi connectivity index (χ4n) is 3.09. The number of hydrogen-bond donors (Lipinski definition) is 1. The van der Waals surface area contributed by atoms with E-state index in [2.05, 4.69) is 55.0 Å². The fourth-order valence-corrected chi connectivity index (χ4v) is 3.43. The molecule has 0 spiro atoms. The predicted octanol–water partition coefficient (Wildman–Crippen LogP) is 5.16. The van der Waals surface area contributed by atoms with Crippen LogP contribution in [0, 0.1) is 6.92 Å². The van der Waals surface area contributed by atoms with Crippen LogP contribution < -0.4 is 10.1 Å². The van der Waals surface area contributed by atoms with Crippen molar-refractivity contribution in [3.63, 3.8) is 0 Å². The molecule has 2 aromatic heterocycles. The van der Waals surface area contributed by atoms with Gasteiger partial charge >= 0.3 is 0 Å². The molecular formula is C20H25BrN4O. The van der Waals surface area contributed by atoms with Gasteiger partial charge < -0.3 is 14.6 Å². The van der Waals surface area contributed by atoms with Gasteiger partial charge in [-0.15, -0.1) is 0 Å². The molecule has 0 aliphatic carbocycles. The van der Waals surface area contributed by atoms with Crippen LogP contribution in [0.15, 0.2) is 34.9 Å². The minimum atomic E-state index is 0.704. The predicted molar refractivity (Wildman–Crippen MR) is 110 cm³/mol. The molecule has 3 rings (SSSR count). The van der Waals surface area contributed by atoms with Crippen molar-refractivity contribution in [1.82, 2.24) is 14.5 Å². The molecule has 0 fully saturated rings. The van der Waals surface area contributed by atoms with E-state index in [1.165, 1.54) is 12.8 Å². The highest BCUT2D eigenvalue weighted by Crippen LogP contribution is 2.27. The first-order valence-electron chi connectivity index (χ1n) is 9.02. The van der Waals surface area contributed by atoms with E-state index in [1.807, 2.05) is 25.1 Å². The van der Waals surface area contributed by atoms with Crippen molar-refractivity contribution in [1.29, 1.82) is 0 Å². The molecule has 0 amide bonds. The van der Waals surface area contributed by atoms with Crippen LogP contribution >= 0.6 is 15.9 Å². The van der Waals surface area contributed by atoms with E-state index in [9.17, 15) is 0 Å². The Morgan fingerprint density at radius 1 is 1.19 bits per heavy atom. The molecule has 26 heavy (non-hydrogen) atoms. The summed E-state index contributed by atoms with van der Waals surface area (Å²) in [5.74, 6) is 2.56. The molecule has 0 atom stereocenters. The molecule has 0 aliphatic heterocycles. The summed E-state index contributed by atoms with van der Waals surface area (Å²) < 4.78 is 8.73. The number of rotatable bonds is 8. The number of nitrogens with zero attached hydrogens (tertiary/aromatic N) is 3. The van der Waals surface area contributed by atoms with Crippen LogP contribution in [0.4, 0.5) is 5.82 Å². The van der Waals surface area contributed by atoms with Crippen molar-refractivity contribution in [2.45, 2.75) is 39.7 Å². The number of fused-ring (bicyclic) bond motifs is 1. The Kier molecular flexibility index (Phi) is 6.14. The average molecular weight is 417 g/mol. The van der Waals surface area contributed by atoms with Gasteiger partial charge in [0, 0.05) is 22.8 Å². The first kappa shape index (κ1) is 18.7. The van der Waals surface area contributed by atoms with E-state index in [0.29, 0.717) is 6.54 Å². The summed E-state index contributed by atoms with van der Waals surface area (Å²) in [6.45, 7) is 5.78. The van der Waals surface area contributed by atoms with E-state index < -0.39 is 0 Å². The van der Waals surface area contributed by atoms with Gasteiger partial charge in [-0.3, -0.25) is 0 Å². The zero-order chi connectivity index (χ0) is 18.5. The number of benzene rings is 1. The molecule has 0 unspecified atom stereocenters. The lowest BCUT2D eigenvalue weighted by molar-refractivity contribution is 0.408. The molecule has 0 bridgehead atoms. The smallest absolute Gasteiger partial charge is 0.154 e. The molecule has 1 N–H and O–H groups in total. The third-order valence-electron chi connectivity index (χ3n) is 4.38. The van der Waals surface area contributed by atoms with Gasteiger partial charge in [-0.2, -0.15) is 0 Å². The van der Waals surface area contributed by atoms with Gasteiger partial charge in [0.1, 0.15) is 17.1 Å². The SMILES string of the molecule is CCCCCNc1nc(C)nc2ccn(Cc3ccc(Br)cc3OC)c12. The maximum atomic E-state index is 5.54. The van der Waals surface area contributed by atoms with Gasteiger partial charge in [0.15, 0.2) is 5.82 Å². The Balaban J connectivity index is 1.94. The van der Waals surface area contributed by atoms with Crippen molar-refractivity contribution < 1.29 is 4.74 Å². The van der Waals surface area contributed by atoms with Crippen molar-refractivity contribution >= 4 is 32.8 Å². The summed E-state index contributed by atoms with van der Waals surface area (Å²) >= 11 is 3.50. The molecule has 138 valence electrons. The summed E-state index contributed by atoms with van der Waals surface area (Å²) in [4.78, 5) is 9.24. The highest BCUT2D eigenvalue weighted by molar-refractivity contribution is 9.10. The first-order chi connectivity index (χ1) is 12.6. The number of ether oxygens (including phenoxy) is 1. The highest BCUT2D eigenvalue weighted by Gasteiger charge is 2.13. The van der Waals surface area contributed by atoms with Crippen LogP contribution in [-0.2, 0) is 6.54 Å². The quantitative estimate of drug-likeness (QED) is 0.515. The second-order valence-electron chi connectivity index (χ2n) is 6.39. The van der Waals surface area contributed by atoms with Gasteiger partial charge in [0.05, 0.1) is 19.2 Å². The molecule has 2 heterocycles. The minimum absolute atomic E-state index is 0.704. The number of aryl methyl sites for hydroxylation is 1. The van der Waals surface area contributed by atoms with Crippen molar-refractivity contribution in [3.05, 3.63) is 46.3 Å². The number of hydrogen-bond acceptors (Lipinski definition) is 4. The average Bonchev–Trinajstić information content (AvgIpc) is 3.02. The number of halogens is 1. The second kappa shape index (κ2) is 8.54. The van der Waals surface area contributed by atoms with E-state index in [-0.39, 0.29) is 0 Å². The number of anilines is 1. The summed E-state index contributed by atoms with van der Waals surface area (Å²) in [5, 5.41) is 3.50. The van der Waals surface area contributed by atoms with E-state index in [4.69, 9.17) is 4.74 Å². The molecule has 0 saturated carbocycles. The molecule has 1 aromatic carbocycles. The first-order valence-corrected chi connectivity index (χ1v) is 9.81. The van der Waals surface area contributed by atoms with Gasteiger partial charge in [-0.1, -0.05) is 41.8 Å². The third-order valence-corrected chi connectivity index (χ3v) is 4.88. The zero-order valence-corrected chi connectivity index (χ0v) is 17.1. The van der Waals surface area contributed by atoms with Gasteiger partial charge in [0.25, 0.3) is 0 Å². The molecule has 0 radical (unpaired) electrons. The molecule has 0 saturated heterocycles. The summed E-state index contributed by atoms with van der Waals surface area (Å²) in [7, 11) is 1.70. The number of unbranched alkanes of at least 4 members (excludes halogenated alkanes) is 2. The standard InChI is InChI=1S/C20H25BrN4O/c1-4-5-6-10-22-20-19-17(23-14(2)24-20)9-11-25(19)13-15-7-8-16(21)12-18(15)26-3/h7-9,11-12H,4-6,10,13H2,1-3H3,(H,22,23,24). The Morgan fingerprint density at radius 2 is 2.04 bits per heavy atom. The van der Waals surface area contributed by atoms with Gasteiger partial charge in [-0.25, -0.2) is 9.97 Å². The maximum absolute atomic E-state index is 5.54. The second-order valence-corrected chi connectivity index (χ2v) is 7.30. The van der Waals surface area contributed by atoms with Crippen LogP contribution in [0.3, 0.4) is 0 Å². The summed E-state index contributed by atoms with van der Waals surface area (Å²) in [6, 6.07) is 8.16. The zero-order valence-electron chi connectivity index (χ0n) is 15.6. The van der Waals surface area contributed by atoms with E-state index in [0.717, 1.165) is 51.4 Å². The van der Waals surface area contributed by atoms with Crippen molar-refractivity contribution in [2.24, 2.45) is 0 Å². The normalized spacial score (nSPS) is 11.1. The lowest BCUT2D eigenvalue weighted by Crippen LogP contribution is -2.08. The largest absolute Gasteiger partial charge is 0.496 e. The minimum Gasteiger partial charge on any atom is -0.496 e. The number of methoxy groups -OCH3 is 1. The Morgan fingerprint density at radius 3 is 2.81 bits per heavy atom. The van der Waals surface area contributed by atoms with Crippen molar-refractivity contribution in [2.75, 3.05) is 19.0 Å². The number of nitrogens with one attached hydrogen (secondary N) is 1. The molecule has 6 heteroatoms. The van der Waals surface area contributed by atoms with E-state index in [1.54, 1.807) is 7.11 Å². The molecule has 5 nitrogen and oxygen atoms in total. The Bertz CT molecular complexity index is 891. The molecular weight excluding hydrogens is 392 g/mol. The highest BCUT2D eigenvalue weighted by atomic mass is 79.9. The van der Waals surface area contributed by atoms with Crippen LogP contribution in [-0.4, -0.2) is 28.2 Å². The van der Waals surface area contributed by atoms with Crippen molar-refractivity contribution in [3.8, 4) is 5.75 Å². The maximum Gasteiger partial charge on any atom is 0.154 e. The lowest BCUT2D eigenvalue weighted by Gasteiger charge is -2.13. The Labute approximate surface area is 162 Å². The van der Waals surface area contributed by atoms with Crippen LogP contribution in [0.1, 0.15) is 37.6 Å². The lowest BCUT2D eigenvalue weighted by atomic mass is 10.2. The van der Waals surface area contributed by atoms with Gasteiger partial charge in [0.2, 0.25) is 0 Å². The van der Waals surface area contributed by atoms with E-state index >= 15 is 0 Å². The molecule has 0 aliphatic rings. The van der Waals surface area contributed by atoms with Crippen LogP contribution in [0.2, 0.25) is 0 Å². The summed E-state index contributed by atoms with van der Waals surface area (Å²) in [6.07, 6.45) is 5.64. The Hall–Kier alpha value is -2.08. The molecule has 3 aromatic rings. The fraction of sp³-hybridized carbons (Fsp3) is 0.400. The monoisotopic (exact) mass is 416 g/mol. The topological polar surface area (TPSA) is 52.0 Å². The van der Waals surface area contributed by atoms with Crippen LogP contribution in [0.25, 0.3) is 11.0 Å². The van der Waals surface area contributed by atoms with Crippen LogP contribution in [0.5, 0.6) is 5.75 Å². The summed E-state index contributed by atoms with van der Waals surface area (Å²) in [5.41, 5.74) is 3.12.